The Morgan fingerprint density at radius 3 is 2.52 bits per heavy atom. The van der Waals surface area contributed by atoms with E-state index in [4.69, 9.17) is 12.2 Å². The number of thiocarbonyl (C=S) groups is 1. The number of aromatic nitrogens is 1. The third-order valence-electron chi connectivity index (χ3n) is 3.80. The lowest BCUT2D eigenvalue weighted by molar-refractivity contribution is 0.478. The summed E-state index contributed by atoms with van der Waals surface area (Å²) in [7, 11) is 1.67. The van der Waals surface area contributed by atoms with Crippen molar-refractivity contribution in [2.75, 3.05) is 0 Å². The van der Waals surface area contributed by atoms with Crippen molar-refractivity contribution >= 4 is 28.1 Å². The van der Waals surface area contributed by atoms with E-state index in [1.165, 1.54) is 4.57 Å². The SMILES string of the molecule is Cn1c(=O)c(C(=S)NCc2ccccc2)c(O)c2ccccc21. The van der Waals surface area contributed by atoms with Gasteiger partial charge in [0.15, 0.2) is 0 Å². The number of para-hydroxylation sites is 1. The molecule has 0 unspecified atom stereocenters. The lowest BCUT2D eigenvalue weighted by atomic mass is 10.1. The smallest absolute Gasteiger partial charge is 0.264 e. The monoisotopic (exact) mass is 324 g/mol. The van der Waals surface area contributed by atoms with Crippen molar-refractivity contribution < 1.29 is 5.11 Å². The van der Waals surface area contributed by atoms with E-state index in [2.05, 4.69) is 5.32 Å². The Balaban J connectivity index is 1.99. The van der Waals surface area contributed by atoms with Crippen LogP contribution in [0.25, 0.3) is 10.9 Å². The summed E-state index contributed by atoms with van der Waals surface area (Å²) in [5.74, 6) is -0.0748. The predicted octanol–water partition coefficient (Wildman–Crippen LogP) is 2.71. The molecule has 1 aromatic heterocycles. The molecular weight excluding hydrogens is 308 g/mol. The Kier molecular flexibility index (Phi) is 4.12. The van der Waals surface area contributed by atoms with Crippen LogP contribution >= 0.6 is 12.2 Å². The van der Waals surface area contributed by atoms with Gasteiger partial charge in [0.05, 0.1) is 5.52 Å². The number of nitrogens with one attached hydrogen (secondary N) is 1. The molecule has 0 spiro atoms. The number of nitrogens with zero attached hydrogens (tertiary/aromatic N) is 1. The average molecular weight is 324 g/mol. The Morgan fingerprint density at radius 2 is 1.78 bits per heavy atom. The van der Waals surface area contributed by atoms with E-state index >= 15 is 0 Å². The number of fused-ring (bicyclic) bond motifs is 1. The van der Waals surface area contributed by atoms with Crippen molar-refractivity contribution in [3.8, 4) is 5.75 Å². The minimum atomic E-state index is -0.313. The van der Waals surface area contributed by atoms with E-state index < -0.39 is 0 Å². The normalized spacial score (nSPS) is 10.7. The molecule has 3 aromatic rings. The van der Waals surface area contributed by atoms with Crippen LogP contribution in [0.4, 0.5) is 0 Å². The number of benzene rings is 2. The molecule has 0 saturated carbocycles. The second-order valence-electron chi connectivity index (χ2n) is 5.27. The number of hydrogen-bond acceptors (Lipinski definition) is 3. The summed E-state index contributed by atoms with van der Waals surface area (Å²) < 4.78 is 1.50. The fraction of sp³-hybridized carbons (Fsp3) is 0.111. The lowest BCUT2D eigenvalue weighted by Crippen LogP contribution is -2.31. The van der Waals surface area contributed by atoms with Crippen LogP contribution in [0, 0.1) is 0 Å². The van der Waals surface area contributed by atoms with Crippen molar-refractivity contribution in [2.45, 2.75) is 6.54 Å². The van der Waals surface area contributed by atoms with Crippen LogP contribution in [-0.2, 0) is 13.6 Å². The van der Waals surface area contributed by atoms with Gasteiger partial charge in [-0.1, -0.05) is 54.7 Å². The van der Waals surface area contributed by atoms with E-state index in [0.717, 1.165) is 5.56 Å². The predicted molar refractivity (Wildman–Crippen MR) is 95.8 cm³/mol. The molecule has 0 fully saturated rings. The summed E-state index contributed by atoms with van der Waals surface area (Å²) in [6, 6.07) is 16.9. The molecule has 3 rings (SSSR count). The molecule has 5 heteroatoms. The number of aryl methyl sites for hydroxylation is 1. The maximum absolute atomic E-state index is 12.5. The molecule has 116 valence electrons. The van der Waals surface area contributed by atoms with Gasteiger partial charge in [0, 0.05) is 19.0 Å². The summed E-state index contributed by atoms with van der Waals surface area (Å²) in [4.78, 5) is 12.8. The topological polar surface area (TPSA) is 54.3 Å². The summed E-state index contributed by atoms with van der Waals surface area (Å²) in [6.45, 7) is 0.495. The van der Waals surface area contributed by atoms with Gasteiger partial charge in [0.1, 0.15) is 16.3 Å². The molecule has 0 aliphatic carbocycles. The van der Waals surface area contributed by atoms with Crippen LogP contribution in [0.3, 0.4) is 0 Å². The lowest BCUT2D eigenvalue weighted by Gasteiger charge is -2.13. The van der Waals surface area contributed by atoms with Gasteiger partial charge in [0.25, 0.3) is 5.56 Å². The zero-order valence-corrected chi connectivity index (χ0v) is 13.4. The highest BCUT2D eigenvalue weighted by Crippen LogP contribution is 2.25. The van der Waals surface area contributed by atoms with Crippen LogP contribution in [0.2, 0.25) is 0 Å². The summed E-state index contributed by atoms with van der Waals surface area (Å²) in [5, 5.41) is 14.1. The van der Waals surface area contributed by atoms with Gasteiger partial charge in [-0.3, -0.25) is 4.79 Å². The van der Waals surface area contributed by atoms with Crippen molar-refractivity contribution in [3.63, 3.8) is 0 Å². The van der Waals surface area contributed by atoms with Gasteiger partial charge >= 0.3 is 0 Å². The fourth-order valence-electron chi connectivity index (χ4n) is 2.55. The van der Waals surface area contributed by atoms with Crippen molar-refractivity contribution in [1.29, 1.82) is 0 Å². The molecule has 0 radical (unpaired) electrons. The van der Waals surface area contributed by atoms with Crippen LogP contribution in [-0.4, -0.2) is 14.7 Å². The first-order chi connectivity index (χ1) is 11.1. The molecule has 2 aromatic carbocycles. The Hall–Kier alpha value is -2.66. The van der Waals surface area contributed by atoms with Crippen LogP contribution in [0.5, 0.6) is 5.75 Å². The quantitative estimate of drug-likeness (QED) is 0.728. The third-order valence-corrected chi connectivity index (χ3v) is 4.15. The highest BCUT2D eigenvalue weighted by atomic mass is 32.1. The summed E-state index contributed by atoms with van der Waals surface area (Å²) in [5.41, 5.74) is 1.54. The van der Waals surface area contributed by atoms with Gasteiger partial charge in [-0.15, -0.1) is 0 Å². The molecular formula is C18H16N2O2S. The third kappa shape index (κ3) is 2.83. The Labute approximate surface area is 139 Å². The van der Waals surface area contributed by atoms with E-state index in [1.54, 1.807) is 19.2 Å². The van der Waals surface area contributed by atoms with E-state index in [0.29, 0.717) is 17.4 Å². The zero-order valence-electron chi connectivity index (χ0n) is 12.6. The number of rotatable bonds is 3. The zero-order chi connectivity index (χ0) is 16.4. The molecule has 0 amide bonds. The van der Waals surface area contributed by atoms with Crippen molar-refractivity contribution in [2.24, 2.45) is 7.05 Å². The minimum absolute atomic E-state index is 0.0748. The molecule has 1 heterocycles. The second-order valence-corrected chi connectivity index (χ2v) is 5.68. The number of aromatic hydroxyl groups is 1. The first-order valence-electron chi connectivity index (χ1n) is 7.22. The highest BCUT2D eigenvalue weighted by molar-refractivity contribution is 7.80. The molecule has 0 bridgehead atoms. The maximum atomic E-state index is 12.5. The average Bonchev–Trinajstić information content (AvgIpc) is 2.59. The number of hydrogen-bond donors (Lipinski definition) is 2. The van der Waals surface area contributed by atoms with E-state index in [-0.39, 0.29) is 21.9 Å². The largest absolute Gasteiger partial charge is 0.506 e. The van der Waals surface area contributed by atoms with Gasteiger partial charge < -0.3 is 15.0 Å². The Morgan fingerprint density at radius 1 is 1.13 bits per heavy atom. The van der Waals surface area contributed by atoms with Crippen LogP contribution in [0.1, 0.15) is 11.1 Å². The molecule has 23 heavy (non-hydrogen) atoms. The first kappa shape index (κ1) is 15.2. The van der Waals surface area contributed by atoms with Gasteiger partial charge in [-0.05, 0) is 17.7 Å². The van der Waals surface area contributed by atoms with Gasteiger partial charge in [-0.25, -0.2) is 0 Å². The second kappa shape index (κ2) is 6.22. The van der Waals surface area contributed by atoms with Crippen molar-refractivity contribution in [1.82, 2.24) is 9.88 Å². The minimum Gasteiger partial charge on any atom is -0.506 e. The van der Waals surface area contributed by atoms with E-state index in [9.17, 15) is 9.90 Å². The van der Waals surface area contributed by atoms with Gasteiger partial charge in [0.2, 0.25) is 0 Å². The molecule has 0 saturated heterocycles. The van der Waals surface area contributed by atoms with Gasteiger partial charge in [-0.2, -0.15) is 0 Å². The van der Waals surface area contributed by atoms with Crippen molar-refractivity contribution in [3.05, 3.63) is 76.1 Å². The maximum Gasteiger partial charge on any atom is 0.264 e. The fourth-order valence-corrected chi connectivity index (χ4v) is 2.81. The van der Waals surface area contributed by atoms with Crippen LogP contribution < -0.4 is 10.9 Å². The van der Waals surface area contributed by atoms with Crippen LogP contribution in [0.15, 0.2) is 59.4 Å². The Bertz CT molecular complexity index is 933. The molecule has 4 nitrogen and oxygen atoms in total. The summed E-state index contributed by atoms with van der Waals surface area (Å²) in [6.07, 6.45) is 0. The van der Waals surface area contributed by atoms with E-state index in [1.807, 2.05) is 42.5 Å². The molecule has 2 N–H and O–H groups in total. The molecule has 0 atom stereocenters. The standard InChI is InChI=1S/C18H16N2O2S/c1-20-14-10-6-5-9-13(14)16(21)15(18(20)22)17(23)19-11-12-7-3-2-4-8-12/h2-10,21H,11H2,1H3,(H,19,23). The number of pyridine rings is 1. The first-order valence-corrected chi connectivity index (χ1v) is 7.63. The molecule has 0 aliphatic heterocycles. The summed E-state index contributed by atoms with van der Waals surface area (Å²) >= 11 is 5.33. The molecule has 0 aliphatic rings. The highest BCUT2D eigenvalue weighted by Gasteiger charge is 2.17.